The molecule has 0 fully saturated rings. The molecule has 1 heterocycles. The Balaban J connectivity index is 1.36. The van der Waals surface area contributed by atoms with E-state index in [1.807, 2.05) is 30.3 Å². The van der Waals surface area contributed by atoms with E-state index in [1.54, 1.807) is 11.3 Å². The van der Waals surface area contributed by atoms with Crippen molar-refractivity contribution in [2.24, 2.45) is 0 Å². The standard InChI is InChI=1S/C30H32N2O3S/c1-3-19-32(30-31-29(22(2)36-30)26-7-5-4-6-8-26)20-24-9-11-25(12-10-24)21-35-27-16-13-23(14-17-27)15-18-28(33)34/h4-14,16-17H,3,15,18-21H2,1-2H3,(H,33,34). The Morgan fingerprint density at radius 1 is 0.944 bits per heavy atom. The third kappa shape index (κ3) is 6.95. The summed E-state index contributed by atoms with van der Waals surface area (Å²) in [5.41, 5.74) is 5.57. The average molecular weight is 501 g/mol. The van der Waals surface area contributed by atoms with E-state index in [4.69, 9.17) is 14.8 Å². The van der Waals surface area contributed by atoms with Gasteiger partial charge in [-0.05, 0) is 48.6 Å². The molecule has 0 atom stereocenters. The number of carboxylic acids is 1. The van der Waals surface area contributed by atoms with Crippen LogP contribution in [0.25, 0.3) is 11.3 Å². The first-order valence-electron chi connectivity index (χ1n) is 12.3. The molecule has 1 aromatic heterocycles. The maximum absolute atomic E-state index is 10.7. The van der Waals surface area contributed by atoms with E-state index in [0.29, 0.717) is 13.0 Å². The minimum atomic E-state index is -0.782. The molecule has 0 bridgehead atoms. The van der Waals surface area contributed by atoms with Crippen molar-refractivity contribution in [2.75, 3.05) is 11.4 Å². The molecule has 0 amide bonds. The van der Waals surface area contributed by atoms with Crippen molar-refractivity contribution in [3.8, 4) is 17.0 Å². The largest absolute Gasteiger partial charge is 0.489 e. The molecule has 36 heavy (non-hydrogen) atoms. The third-order valence-electron chi connectivity index (χ3n) is 5.95. The number of anilines is 1. The lowest BCUT2D eigenvalue weighted by molar-refractivity contribution is -0.136. The molecule has 6 heteroatoms. The van der Waals surface area contributed by atoms with Crippen molar-refractivity contribution < 1.29 is 14.6 Å². The van der Waals surface area contributed by atoms with Gasteiger partial charge in [0.2, 0.25) is 0 Å². The van der Waals surface area contributed by atoms with Gasteiger partial charge in [0.25, 0.3) is 0 Å². The predicted octanol–water partition coefficient (Wildman–Crippen LogP) is 7.13. The second kappa shape index (κ2) is 12.4. The maximum Gasteiger partial charge on any atom is 0.303 e. The van der Waals surface area contributed by atoms with Crippen LogP contribution in [0.15, 0.2) is 78.9 Å². The number of thiazole rings is 1. The van der Waals surface area contributed by atoms with Gasteiger partial charge in [-0.15, -0.1) is 11.3 Å². The van der Waals surface area contributed by atoms with Crippen molar-refractivity contribution in [3.05, 3.63) is 100 Å². The average Bonchev–Trinajstić information content (AvgIpc) is 3.29. The third-order valence-corrected chi connectivity index (χ3v) is 6.98. The van der Waals surface area contributed by atoms with E-state index in [2.05, 4.69) is 67.3 Å². The van der Waals surface area contributed by atoms with Crippen LogP contribution in [0.4, 0.5) is 5.13 Å². The number of aryl methyl sites for hydroxylation is 2. The number of hydrogen-bond acceptors (Lipinski definition) is 5. The Labute approximate surface area is 217 Å². The Morgan fingerprint density at radius 3 is 2.28 bits per heavy atom. The fourth-order valence-corrected chi connectivity index (χ4v) is 4.98. The molecule has 4 rings (SSSR count). The van der Waals surface area contributed by atoms with Crippen molar-refractivity contribution in [1.82, 2.24) is 4.98 Å². The Hall–Kier alpha value is -3.64. The molecule has 0 aliphatic rings. The van der Waals surface area contributed by atoms with Crippen LogP contribution in [0.5, 0.6) is 5.75 Å². The van der Waals surface area contributed by atoms with Crippen molar-refractivity contribution in [2.45, 2.75) is 46.3 Å². The lowest BCUT2D eigenvalue weighted by Crippen LogP contribution is -2.23. The molecule has 0 unspecified atom stereocenters. The van der Waals surface area contributed by atoms with E-state index in [0.717, 1.165) is 52.8 Å². The number of aromatic nitrogens is 1. The lowest BCUT2D eigenvalue weighted by atomic mass is 10.1. The number of ether oxygens (including phenoxy) is 1. The van der Waals surface area contributed by atoms with Crippen LogP contribution in [-0.4, -0.2) is 22.6 Å². The number of rotatable bonds is 12. The zero-order chi connectivity index (χ0) is 25.3. The van der Waals surface area contributed by atoms with Gasteiger partial charge in [-0.25, -0.2) is 4.98 Å². The van der Waals surface area contributed by atoms with Gasteiger partial charge >= 0.3 is 5.97 Å². The molecule has 5 nitrogen and oxygen atoms in total. The van der Waals surface area contributed by atoms with Crippen LogP contribution in [0.3, 0.4) is 0 Å². The van der Waals surface area contributed by atoms with Gasteiger partial charge in [-0.2, -0.15) is 0 Å². The highest BCUT2D eigenvalue weighted by molar-refractivity contribution is 7.16. The highest BCUT2D eigenvalue weighted by Crippen LogP contribution is 2.33. The lowest BCUT2D eigenvalue weighted by Gasteiger charge is -2.21. The first-order valence-corrected chi connectivity index (χ1v) is 13.1. The van der Waals surface area contributed by atoms with Gasteiger partial charge in [0.1, 0.15) is 12.4 Å². The minimum absolute atomic E-state index is 0.137. The summed E-state index contributed by atoms with van der Waals surface area (Å²) in [6, 6.07) is 26.6. The van der Waals surface area contributed by atoms with Crippen LogP contribution >= 0.6 is 11.3 Å². The van der Waals surface area contributed by atoms with E-state index in [-0.39, 0.29) is 6.42 Å². The first kappa shape index (κ1) is 25.5. The predicted molar refractivity (Wildman–Crippen MR) is 147 cm³/mol. The molecule has 3 aromatic carbocycles. The Morgan fingerprint density at radius 2 is 1.61 bits per heavy atom. The number of aliphatic carboxylic acids is 1. The van der Waals surface area contributed by atoms with E-state index < -0.39 is 5.97 Å². The minimum Gasteiger partial charge on any atom is -0.489 e. The summed E-state index contributed by atoms with van der Waals surface area (Å²) in [4.78, 5) is 19.3. The highest BCUT2D eigenvalue weighted by Gasteiger charge is 2.15. The SMILES string of the molecule is CCCN(Cc1ccc(COc2ccc(CCC(=O)O)cc2)cc1)c1nc(-c2ccccc2)c(C)s1. The summed E-state index contributed by atoms with van der Waals surface area (Å²) < 4.78 is 5.92. The normalized spacial score (nSPS) is 10.8. The molecule has 0 aliphatic carbocycles. The van der Waals surface area contributed by atoms with Crippen LogP contribution in [0.2, 0.25) is 0 Å². The van der Waals surface area contributed by atoms with Gasteiger partial charge < -0.3 is 14.7 Å². The van der Waals surface area contributed by atoms with Crippen molar-refractivity contribution in [3.63, 3.8) is 0 Å². The molecule has 0 spiro atoms. The van der Waals surface area contributed by atoms with Gasteiger partial charge in [-0.3, -0.25) is 4.79 Å². The van der Waals surface area contributed by atoms with Crippen LogP contribution in [-0.2, 0) is 24.4 Å². The van der Waals surface area contributed by atoms with Crippen molar-refractivity contribution in [1.29, 1.82) is 0 Å². The summed E-state index contributed by atoms with van der Waals surface area (Å²) >= 11 is 1.76. The molecular formula is C30H32N2O3S. The van der Waals surface area contributed by atoms with Crippen LogP contribution < -0.4 is 9.64 Å². The number of benzene rings is 3. The molecule has 0 radical (unpaired) electrons. The fraction of sp³-hybridized carbons (Fsp3) is 0.267. The van der Waals surface area contributed by atoms with Crippen LogP contribution in [0, 0.1) is 6.92 Å². The second-order valence-corrected chi connectivity index (χ2v) is 10.0. The number of carboxylic acid groups (broad SMARTS) is 1. The Kier molecular flexibility index (Phi) is 8.74. The monoisotopic (exact) mass is 500 g/mol. The van der Waals surface area contributed by atoms with Gasteiger partial charge in [0.15, 0.2) is 5.13 Å². The highest BCUT2D eigenvalue weighted by atomic mass is 32.1. The molecule has 0 aliphatic heterocycles. The molecular weight excluding hydrogens is 468 g/mol. The van der Waals surface area contributed by atoms with E-state index in [1.165, 1.54) is 10.4 Å². The molecule has 1 N–H and O–H groups in total. The topological polar surface area (TPSA) is 62.7 Å². The number of hydrogen-bond donors (Lipinski definition) is 1. The number of nitrogens with zero attached hydrogens (tertiary/aromatic N) is 2. The zero-order valence-corrected chi connectivity index (χ0v) is 21.6. The number of carbonyl (C=O) groups is 1. The molecule has 186 valence electrons. The van der Waals surface area contributed by atoms with E-state index in [9.17, 15) is 4.79 Å². The summed E-state index contributed by atoms with van der Waals surface area (Å²) in [6.45, 7) is 6.60. The van der Waals surface area contributed by atoms with E-state index >= 15 is 0 Å². The van der Waals surface area contributed by atoms with Gasteiger partial charge in [0.05, 0.1) is 5.69 Å². The Bertz CT molecular complexity index is 1250. The fourth-order valence-electron chi connectivity index (χ4n) is 4.03. The molecule has 0 saturated heterocycles. The molecule has 0 saturated carbocycles. The summed E-state index contributed by atoms with van der Waals surface area (Å²) in [6.07, 6.45) is 1.72. The zero-order valence-electron chi connectivity index (χ0n) is 20.8. The summed E-state index contributed by atoms with van der Waals surface area (Å²) in [7, 11) is 0. The summed E-state index contributed by atoms with van der Waals surface area (Å²) in [5.74, 6) is -0.00378. The van der Waals surface area contributed by atoms with Gasteiger partial charge in [-0.1, -0.05) is 73.7 Å². The second-order valence-electron chi connectivity index (χ2n) is 8.83. The summed E-state index contributed by atoms with van der Waals surface area (Å²) in [5, 5.41) is 9.88. The van der Waals surface area contributed by atoms with Crippen LogP contribution in [0.1, 0.15) is 41.3 Å². The maximum atomic E-state index is 10.7. The quantitative estimate of drug-likeness (QED) is 0.224. The van der Waals surface area contributed by atoms with Gasteiger partial charge in [0, 0.05) is 30.0 Å². The molecule has 4 aromatic rings. The first-order chi connectivity index (χ1) is 17.5. The smallest absolute Gasteiger partial charge is 0.303 e. The van der Waals surface area contributed by atoms with Crippen molar-refractivity contribution >= 4 is 22.4 Å².